The van der Waals surface area contributed by atoms with E-state index in [2.05, 4.69) is 10.3 Å². The molecule has 1 aliphatic rings. The molecule has 1 saturated heterocycles. The topological polar surface area (TPSA) is 101 Å². The van der Waals surface area contributed by atoms with Crippen molar-refractivity contribution in [2.75, 3.05) is 6.61 Å². The molecule has 0 unspecified atom stereocenters. The second-order valence-electron chi connectivity index (χ2n) is 5.37. The Morgan fingerprint density at radius 3 is 2.50 bits per heavy atom. The van der Waals surface area contributed by atoms with E-state index < -0.39 is 24.4 Å². The maximum atomic E-state index is 9.94. The van der Waals surface area contributed by atoms with Crippen molar-refractivity contribution in [3.8, 4) is 11.3 Å². The number of hydrogen-bond donors (Lipinski definition) is 3. The largest absolute Gasteiger partial charge is 0.394 e. The summed E-state index contributed by atoms with van der Waals surface area (Å²) in [6.45, 7) is 0.185. The summed E-state index contributed by atoms with van der Waals surface area (Å²) < 4.78 is 7.21. The lowest BCUT2D eigenvalue weighted by Gasteiger charge is -2.15. The molecule has 1 aliphatic heterocycles. The first-order valence-electron chi connectivity index (χ1n) is 7.27. The molecule has 3 N–H and O–H groups in total. The van der Waals surface area contributed by atoms with E-state index in [0.717, 1.165) is 11.3 Å². The van der Waals surface area contributed by atoms with E-state index >= 15 is 0 Å². The lowest BCUT2D eigenvalue weighted by Crippen LogP contribution is -2.34. The van der Waals surface area contributed by atoms with Crippen LogP contribution in [0.5, 0.6) is 0 Å². The number of benzene rings is 1. The molecule has 1 fully saturated rings. The van der Waals surface area contributed by atoms with E-state index in [1.807, 2.05) is 30.3 Å². The number of rotatable bonds is 5. The molecule has 0 amide bonds. The molecule has 2 aromatic rings. The monoisotopic (exact) mass is 305 g/mol. The van der Waals surface area contributed by atoms with Crippen LogP contribution in [-0.4, -0.2) is 61.3 Å². The lowest BCUT2D eigenvalue weighted by molar-refractivity contribution is -0.0253. The van der Waals surface area contributed by atoms with Crippen molar-refractivity contribution in [2.45, 2.75) is 37.4 Å². The maximum Gasteiger partial charge on any atom is 0.111 e. The number of aromatic nitrogens is 3. The second kappa shape index (κ2) is 6.53. The van der Waals surface area contributed by atoms with Crippen molar-refractivity contribution >= 4 is 0 Å². The van der Waals surface area contributed by atoms with Gasteiger partial charge in [-0.3, -0.25) is 0 Å². The predicted molar refractivity (Wildman–Crippen MR) is 77.8 cm³/mol. The molecule has 1 aromatic heterocycles. The predicted octanol–water partition coefficient (Wildman–Crippen LogP) is -0.183. The Morgan fingerprint density at radius 2 is 1.82 bits per heavy atom. The first-order valence-corrected chi connectivity index (χ1v) is 7.27. The minimum Gasteiger partial charge on any atom is -0.394 e. The Bertz CT molecular complexity index is 604. The van der Waals surface area contributed by atoms with Gasteiger partial charge in [-0.05, 0) is 6.42 Å². The maximum absolute atomic E-state index is 9.94. The third kappa shape index (κ3) is 2.89. The van der Waals surface area contributed by atoms with Crippen LogP contribution >= 0.6 is 0 Å². The van der Waals surface area contributed by atoms with Crippen LogP contribution in [0, 0.1) is 0 Å². The highest BCUT2D eigenvalue weighted by Crippen LogP contribution is 2.25. The van der Waals surface area contributed by atoms with Gasteiger partial charge in [0.1, 0.15) is 18.3 Å². The Labute approximate surface area is 127 Å². The van der Waals surface area contributed by atoms with Crippen LogP contribution in [0.1, 0.15) is 6.42 Å². The molecular formula is C15H19N3O4. The summed E-state index contributed by atoms with van der Waals surface area (Å²) >= 11 is 0. The van der Waals surface area contributed by atoms with E-state index in [1.54, 1.807) is 10.9 Å². The number of ether oxygens (including phenoxy) is 1. The van der Waals surface area contributed by atoms with Crippen LogP contribution in [0.3, 0.4) is 0 Å². The molecule has 0 spiro atoms. The van der Waals surface area contributed by atoms with Crippen molar-refractivity contribution in [1.29, 1.82) is 0 Å². The number of aryl methyl sites for hydroxylation is 1. The summed E-state index contributed by atoms with van der Waals surface area (Å²) in [5.74, 6) is 0. The molecule has 4 atom stereocenters. The van der Waals surface area contributed by atoms with Crippen LogP contribution in [0.15, 0.2) is 36.5 Å². The molecule has 7 nitrogen and oxygen atoms in total. The highest BCUT2D eigenvalue weighted by molar-refractivity contribution is 5.57. The van der Waals surface area contributed by atoms with Gasteiger partial charge >= 0.3 is 0 Å². The quantitative estimate of drug-likeness (QED) is 0.708. The third-order valence-corrected chi connectivity index (χ3v) is 3.95. The molecule has 7 heteroatoms. The van der Waals surface area contributed by atoms with Crippen molar-refractivity contribution in [3.63, 3.8) is 0 Å². The molecule has 1 aromatic carbocycles. The zero-order chi connectivity index (χ0) is 15.5. The third-order valence-electron chi connectivity index (χ3n) is 3.95. The fourth-order valence-electron chi connectivity index (χ4n) is 2.72. The fourth-order valence-corrected chi connectivity index (χ4v) is 2.72. The van der Waals surface area contributed by atoms with E-state index in [9.17, 15) is 10.2 Å². The Hall–Kier alpha value is -1.80. The Kier molecular flexibility index (Phi) is 4.49. The van der Waals surface area contributed by atoms with Gasteiger partial charge in [-0.2, -0.15) is 0 Å². The van der Waals surface area contributed by atoms with Gasteiger partial charge in [0, 0.05) is 12.1 Å². The van der Waals surface area contributed by atoms with Gasteiger partial charge in [0.05, 0.1) is 24.6 Å². The molecule has 118 valence electrons. The molecular weight excluding hydrogens is 286 g/mol. The zero-order valence-corrected chi connectivity index (χ0v) is 12.0. The second-order valence-corrected chi connectivity index (χ2v) is 5.37. The van der Waals surface area contributed by atoms with Crippen LogP contribution in [0.2, 0.25) is 0 Å². The first kappa shape index (κ1) is 15.1. The van der Waals surface area contributed by atoms with Crippen molar-refractivity contribution < 1.29 is 20.1 Å². The van der Waals surface area contributed by atoms with Crippen molar-refractivity contribution in [1.82, 2.24) is 15.0 Å². The molecule has 0 aliphatic carbocycles. The highest BCUT2D eigenvalue weighted by atomic mass is 16.6. The molecule has 0 bridgehead atoms. The smallest absolute Gasteiger partial charge is 0.111 e. The number of nitrogens with zero attached hydrogens (tertiary/aromatic N) is 3. The van der Waals surface area contributed by atoms with E-state index in [0.29, 0.717) is 13.0 Å². The fraction of sp³-hybridized carbons (Fsp3) is 0.467. The van der Waals surface area contributed by atoms with Gasteiger partial charge in [-0.15, -0.1) is 5.10 Å². The molecule has 0 radical (unpaired) electrons. The van der Waals surface area contributed by atoms with Crippen molar-refractivity contribution in [2.24, 2.45) is 0 Å². The summed E-state index contributed by atoms with van der Waals surface area (Å²) in [4.78, 5) is 0. The van der Waals surface area contributed by atoms with Crippen LogP contribution in [0.4, 0.5) is 0 Å². The highest BCUT2D eigenvalue weighted by Gasteiger charge is 2.41. The summed E-state index contributed by atoms with van der Waals surface area (Å²) in [5, 5.41) is 36.8. The average molecular weight is 305 g/mol. The molecule has 0 saturated carbocycles. The SMILES string of the molecule is OC[C@H]1O[C@@H](CCn2nncc2-c2ccccc2)[C@H](O)[C@@H]1O. The van der Waals surface area contributed by atoms with Gasteiger partial charge in [0.15, 0.2) is 0 Å². The number of hydrogen-bond acceptors (Lipinski definition) is 6. The van der Waals surface area contributed by atoms with Crippen LogP contribution in [-0.2, 0) is 11.3 Å². The van der Waals surface area contributed by atoms with Crippen LogP contribution in [0.25, 0.3) is 11.3 Å². The Morgan fingerprint density at radius 1 is 1.09 bits per heavy atom. The molecule has 3 rings (SSSR count). The normalized spacial score (nSPS) is 28.1. The first-order chi connectivity index (χ1) is 10.7. The Balaban J connectivity index is 1.67. The minimum absolute atomic E-state index is 0.312. The van der Waals surface area contributed by atoms with Gasteiger partial charge in [0.2, 0.25) is 0 Å². The molecule has 2 heterocycles. The van der Waals surface area contributed by atoms with Gasteiger partial charge < -0.3 is 20.1 Å². The lowest BCUT2D eigenvalue weighted by atomic mass is 10.1. The minimum atomic E-state index is -1.06. The molecule has 22 heavy (non-hydrogen) atoms. The average Bonchev–Trinajstić information content (AvgIpc) is 3.13. The summed E-state index contributed by atoms with van der Waals surface area (Å²) in [5.41, 5.74) is 1.89. The number of aliphatic hydroxyl groups excluding tert-OH is 3. The summed E-state index contributed by atoms with van der Waals surface area (Å²) in [6.07, 6.45) is -1.16. The van der Waals surface area contributed by atoms with Gasteiger partial charge in [-0.1, -0.05) is 35.5 Å². The standard InChI is InChI=1S/C15H19N3O4/c19-9-13-15(21)14(20)12(22-13)6-7-18-11(8-16-17-18)10-4-2-1-3-5-10/h1-5,8,12-15,19-21H,6-7,9H2/t12-,13+,14-,15+/m0/s1. The van der Waals surface area contributed by atoms with E-state index in [4.69, 9.17) is 9.84 Å². The van der Waals surface area contributed by atoms with Crippen LogP contribution < -0.4 is 0 Å². The van der Waals surface area contributed by atoms with Crippen molar-refractivity contribution in [3.05, 3.63) is 36.5 Å². The zero-order valence-electron chi connectivity index (χ0n) is 12.0. The van der Waals surface area contributed by atoms with E-state index in [1.165, 1.54) is 0 Å². The summed E-state index contributed by atoms with van der Waals surface area (Å²) in [6, 6.07) is 9.78. The summed E-state index contributed by atoms with van der Waals surface area (Å²) in [7, 11) is 0. The van der Waals surface area contributed by atoms with E-state index in [-0.39, 0.29) is 6.61 Å². The number of aliphatic hydroxyl groups is 3. The van der Waals surface area contributed by atoms with Gasteiger partial charge in [-0.25, -0.2) is 4.68 Å². The van der Waals surface area contributed by atoms with Gasteiger partial charge in [0.25, 0.3) is 0 Å².